The van der Waals surface area contributed by atoms with Crippen LogP contribution in [0.2, 0.25) is 0 Å². The van der Waals surface area contributed by atoms with Gasteiger partial charge in [-0.1, -0.05) is 77.8 Å². The Balaban J connectivity index is 1.79. The van der Waals surface area contributed by atoms with E-state index in [9.17, 15) is 24.0 Å². The molecule has 0 bridgehead atoms. The molecular weight excluding hydrogens is 639 g/mol. The summed E-state index contributed by atoms with van der Waals surface area (Å²) in [5, 5.41) is 0. The zero-order chi connectivity index (χ0) is 32.4. The van der Waals surface area contributed by atoms with Crippen molar-refractivity contribution in [2.45, 2.75) is 23.5 Å². The Labute approximate surface area is 271 Å². The van der Waals surface area contributed by atoms with Crippen LogP contribution in [0, 0.1) is 6.92 Å². The number of Topliss-reactive ketones (excluding diaryl/α,β-unsaturated/α-hetero) is 1. The number of ether oxygens (including phenoxy) is 4. The molecule has 13 heteroatoms. The number of para-hydroxylation sites is 1. The molecule has 4 aliphatic rings. The number of hydrogen-bond donors (Lipinski definition) is 0. The lowest BCUT2D eigenvalue weighted by Gasteiger charge is -2.55. The van der Waals surface area contributed by atoms with Gasteiger partial charge in [0.1, 0.15) is 18.8 Å². The first-order valence-electron chi connectivity index (χ1n) is 13.6. The summed E-state index contributed by atoms with van der Waals surface area (Å²) in [6, 6.07) is 13.0. The number of anilines is 1. The minimum absolute atomic E-state index is 0.0518. The van der Waals surface area contributed by atoms with E-state index in [1.165, 1.54) is 28.4 Å². The quantitative estimate of drug-likeness (QED) is 0.331. The number of fused-ring (bicyclic) bond motifs is 8. The van der Waals surface area contributed by atoms with Crippen LogP contribution in [0.5, 0.6) is 0 Å². The number of carbonyl (C=O) groups is 5. The van der Waals surface area contributed by atoms with Crippen LogP contribution < -0.4 is 4.90 Å². The lowest BCUT2D eigenvalue weighted by atomic mass is 9.74. The second-order valence-electron chi connectivity index (χ2n) is 10.6. The van der Waals surface area contributed by atoms with Crippen LogP contribution in [-0.2, 0) is 43.7 Å². The highest BCUT2D eigenvalue weighted by Gasteiger charge is 2.63. The molecule has 1 spiro atoms. The van der Waals surface area contributed by atoms with Crippen molar-refractivity contribution in [3.8, 4) is 0 Å². The lowest BCUT2D eigenvalue weighted by molar-refractivity contribution is -0.138. The summed E-state index contributed by atoms with van der Waals surface area (Å²) in [5.74, 6) is -3.33. The third-order valence-corrected chi connectivity index (χ3v) is 12.9. The monoisotopic (exact) mass is 665 g/mol. The number of hydrogen-bond acceptors (Lipinski definition) is 13. The average Bonchev–Trinajstić information content (AvgIpc) is 3.44. The molecule has 2 aromatic carbocycles. The van der Waals surface area contributed by atoms with Crippen LogP contribution in [0.15, 0.2) is 67.7 Å². The second-order valence-corrected chi connectivity index (χ2v) is 14.3. The maximum absolute atomic E-state index is 13.9. The Bertz CT molecular complexity index is 1810. The van der Waals surface area contributed by atoms with Crippen molar-refractivity contribution in [1.82, 2.24) is 0 Å². The number of thioether (sulfide) groups is 3. The van der Waals surface area contributed by atoms with Gasteiger partial charge in [0.2, 0.25) is 0 Å². The van der Waals surface area contributed by atoms with Gasteiger partial charge in [-0.05, 0) is 25.0 Å². The largest absolute Gasteiger partial charge is 0.466 e. The van der Waals surface area contributed by atoms with Crippen molar-refractivity contribution in [1.29, 1.82) is 0 Å². The highest BCUT2D eigenvalue weighted by Crippen LogP contribution is 2.72. The van der Waals surface area contributed by atoms with Crippen LogP contribution >= 0.6 is 35.3 Å². The van der Waals surface area contributed by atoms with Crippen LogP contribution in [-0.4, -0.2) is 68.7 Å². The van der Waals surface area contributed by atoms with E-state index in [1.807, 2.05) is 49.1 Å². The molecule has 0 radical (unpaired) electrons. The first-order chi connectivity index (χ1) is 21.5. The van der Waals surface area contributed by atoms with Gasteiger partial charge in [-0.15, -0.1) is 0 Å². The number of nitrogens with zero attached hydrogens (tertiary/aromatic N) is 1. The van der Waals surface area contributed by atoms with Gasteiger partial charge < -0.3 is 23.8 Å². The van der Waals surface area contributed by atoms with Crippen molar-refractivity contribution in [3.05, 3.63) is 89.9 Å². The third kappa shape index (κ3) is 4.23. The number of esters is 4. The summed E-state index contributed by atoms with van der Waals surface area (Å²) >= 11 is 2.91. The predicted molar refractivity (Wildman–Crippen MR) is 171 cm³/mol. The van der Waals surface area contributed by atoms with Crippen LogP contribution in [0.1, 0.15) is 34.0 Å². The highest BCUT2D eigenvalue weighted by molar-refractivity contribution is 8.26. The Morgan fingerprint density at radius 1 is 0.756 bits per heavy atom. The van der Waals surface area contributed by atoms with Gasteiger partial charge in [0.15, 0.2) is 5.78 Å². The fraction of sp³-hybridized carbons (Fsp3) is 0.281. The molecule has 10 nitrogen and oxygen atoms in total. The molecule has 0 saturated heterocycles. The van der Waals surface area contributed by atoms with E-state index in [2.05, 4.69) is 0 Å². The number of aryl methyl sites for hydroxylation is 1. The summed E-state index contributed by atoms with van der Waals surface area (Å²) in [5.41, 5.74) is 2.98. The molecule has 0 unspecified atom stereocenters. The van der Waals surface area contributed by atoms with Gasteiger partial charge in [0.25, 0.3) is 0 Å². The molecule has 2 aromatic rings. The smallest absolute Gasteiger partial charge is 0.345 e. The summed E-state index contributed by atoms with van der Waals surface area (Å²) in [7, 11) is 4.77. The Morgan fingerprint density at radius 2 is 1.31 bits per heavy atom. The van der Waals surface area contributed by atoms with Crippen molar-refractivity contribution < 1.29 is 42.9 Å². The molecule has 6 rings (SSSR count). The normalized spacial score (nSPS) is 21.1. The first-order valence-corrected chi connectivity index (χ1v) is 16.1. The molecule has 1 atom stereocenters. The number of benzene rings is 2. The molecule has 0 amide bonds. The molecule has 232 valence electrons. The van der Waals surface area contributed by atoms with Crippen LogP contribution in [0.25, 0.3) is 5.57 Å². The molecule has 0 fully saturated rings. The van der Waals surface area contributed by atoms with Gasteiger partial charge in [-0.25, -0.2) is 19.2 Å². The number of rotatable bonds is 4. The number of carbonyl (C=O) groups excluding carboxylic acids is 5. The van der Waals surface area contributed by atoms with Gasteiger partial charge in [0.05, 0.1) is 46.1 Å². The van der Waals surface area contributed by atoms with E-state index < -0.39 is 33.5 Å². The summed E-state index contributed by atoms with van der Waals surface area (Å²) < 4.78 is 19.0. The maximum atomic E-state index is 13.9. The van der Waals surface area contributed by atoms with Crippen molar-refractivity contribution in [3.63, 3.8) is 0 Å². The van der Waals surface area contributed by atoms with E-state index in [1.54, 1.807) is 12.1 Å². The van der Waals surface area contributed by atoms with Crippen LogP contribution in [0.3, 0.4) is 0 Å². The molecule has 4 aliphatic heterocycles. The van der Waals surface area contributed by atoms with Gasteiger partial charge in [-0.2, -0.15) is 0 Å². The third-order valence-electron chi connectivity index (χ3n) is 8.33. The zero-order valence-corrected chi connectivity index (χ0v) is 27.5. The summed E-state index contributed by atoms with van der Waals surface area (Å²) in [4.78, 5) is 69.9. The average molecular weight is 666 g/mol. The fourth-order valence-electron chi connectivity index (χ4n) is 6.34. The highest BCUT2D eigenvalue weighted by atomic mass is 32.2. The molecule has 4 heterocycles. The Hall–Kier alpha value is -3.94. The SMILES string of the molecule is COC(=O)C1=C(C(=O)OC)SC2(S1)C(C(=O)OC)=C(C(=O)OC)SC1=C2c2cccc(C)c2N2CC(=O)c3ccccc3[C@]12C. The van der Waals surface area contributed by atoms with Crippen molar-refractivity contribution >= 4 is 76.2 Å². The van der Waals surface area contributed by atoms with E-state index in [0.29, 0.717) is 27.2 Å². The fourth-order valence-corrected chi connectivity index (χ4v) is 11.5. The minimum Gasteiger partial charge on any atom is -0.466 e. The first kappa shape index (κ1) is 31.1. The molecule has 0 N–H and O–H groups in total. The van der Waals surface area contributed by atoms with Crippen molar-refractivity contribution in [2.75, 3.05) is 39.9 Å². The van der Waals surface area contributed by atoms with Gasteiger partial charge in [0, 0.05) is 27.3 Å². The van der Waals surface area contributed by atoms with Crippen LogP contribution in [0.4, 0.5) is 5.69 Å². The standard InChI is InChI=1S/C32H27NO9S3/c1-15-10-9-12-17-20-26(31(2)18-13-8-7-11-16(18)19(34)14-33(31)22(15)17)43-23(28(36)40-4)21(27(35)39-3)32(20)44-24(29(37)41-5)25(45-32)30(38)42-6/h7-13H,14H2,1-6H3/t31-/m1/s1. The number of methoxy groups -OCH3 is 4. The Kier molecular flexibility index (Phi) is 7.69. The predicted octanol–water partition coefficient (Wildman–Crippen LogP) is 4.72. The van der Waals surface area contributed by atoms with Gasteiger partial charge >= 0.3 is 23.9 Å². The molecule has 0 aliphatic carbocycles. The summed E-state index contributed by atoms with van der Waals surface area (Å²) in [6.45, 7) is 3.96. The Morgan fingerprint density at radius 3 is 1.91 bits per heavy atom. The molecule has 45 heavy (non-hydrogen) atoms. The zero-order valence-electron chi connectivity index (χ0n) is 25.1. The van der Waals surface area contributed by atoms with Crippen molar-refractivity contribution in [2.24, 2.45) is 0 Å². The lowest BCUT2D eigenvalue weighted by Crippen LogP contribution is -2.56. The molecular formula is C32H27NO9S3. The van der Waals surface area contributed by atoms with E-state index in [4.69, 9.17) is 18.9 Å². The number of ketones is 1. The molecule has 0 aromatic heterocycles. The van der Waals surface area contributed by atoms with E-state index in [0.717, 1.165) is 46.5 Å². The van der Waals surface area contributed by atoms with Gasteiger partial charge in [-0.3, -0.25) is 4.79 Å². The van der Waals surface area contributed by atoms with E-state index in [-0.39, 0.29) is 32.6 Å². The molecule has 0 saturated carbocycles. The maximum Gasteiger partial charge on any atom is 0.345 e. The minimum atomic E-state index is -1.61. The topological polar surface area (TPSA) is 126 Å². The van der Waals surface area contributed by atoms with E-state index >= 15 is 0 Å². The second kappa shape index (κ2) is 11.1. The summed E-state index contributed by atoms with van der Waals surface area (Å²) in [6.07, 6.45) is 0.